The summed E-state index contributed by atoms with van der Waals surface area (Å²) >= 11 is 0. The van der Waals surface area contributed by atoms with Gasteiger partial charge in [-0.25, -0.2) is 4.79 Å². The van der Waals surface area contributed by atoms with E-state index in [0.717, 1.165) is 30.4 Å². The first kappa shape index (κ1) is 20.6. The normalized spacial score (nSPS) is 16.0. The molecule has 1 unspecified atom stereocenters. The molecule has 0 saturated carbocycles. The van der Waals surface area contributed by atoms with E-state index >= 15 is 0 Å². The Kier molecular flexibility index (Phi) is 6.56. The molecule has 0 radical (unpaired) electrons. The van der Waals surface area contributed by atoms with Crippen molar-refractivity contribution in [3.63, 3.8) is 0 Å². The van der Waals surface area contributed by atoms with Gasteiger partial charge in [0.15, 0.2) is 11.5 Å². The summed E-state index contributed by atoms with van der Waals surface area (Å²) in [6, 6.07) is 14.5. The third-order valence-corrected chi connectivity index (χ3v) is 5.21. The summed E-state index contributed by atoms with van der Waals surface area (Å²) in [4.78, 5) is 30.8. The molecule has 1 fully saturated rings. The number of nitrogens with one attached hydrogen (secondary N) is 1. The van der Waals surface area contributed by atoms with Crippen LogP contribution >= 0.6 is 0 Å². The molecule has 8 heteroatoms. The van der Waals surface area contributed by atoms with E-state index in [1.54, 1.807) is 23.4 Å². The molecule has 31 heavy (non-hydrogen) atoms. The van der Waals surface area contributed by atoms with Crippen molar-refractivity contribution in [2.24, 2.45) is 0 Å². The maximum absolute atomic E-state index is 12.7. The van der Waals surface area contributed by atoms with Crippen LogP contribution in [0.15, 0.2) is 65.4 Å². The molecule has 3 heterocycles. The molecule has 1 N–H and O–H groups in total. The Morgan fingerprint density at radius 3 is 2.77 bits per heavy atom. The van der Waals surface area contributed by atoms with Gasteiger partial charge in [0, 0.05) is 31.5 Å². The molecule has 3 aromatic rings. The molecule has 4 rings (SSSR count). The molecule has 1 aromatic carbocycles. The zero-order chi connectivity index (χ0) is 21.5. The number of ether oxygens (including phenoxy) is 1. The monoisotopic (exact) mass is 420 g/mol. The maximum Gasteiger partial charge on any atom is 0.410 e. The van der Waals surface area contributed by atoms with Gasteiger partial charge in [-0.1, -0.05) is 41.6 Å². The Hall–Kier alpha value is -3.68. The maximum atomic E-state index is 12.7. The number of nitrogens with zero attached hydrogens (tertiary/aromatic N) is 3. The Labute approximate surface area is 180 Å². The van der Waals surface area contributed by atoms with Gasteiger partial charge in [0.2, 0.25) is 0 Å². The van der Waals surface area contributed by atoms with Crippen LogP contribution < -0.4 is 5.32 Å². The Morgan fingerprint density at radius 1 is 1.13 bits per heavy atom. The van der Waals surface area contributed by atoms with Crippen molar-refractivity contribution in [3.8, 4) is 0 Å². The molecular weight excluding hydrogens is 396 g/mol. The van der Waals surface area contributed by atoms with Gasteiger partial charge in [-0.05, 0) is 36.5 Å². The number of benzene rings is 1. The van der Waals surface area contributed by atoms with Gasteiger partial charge in [0.05, 0.1) is 6.04 Å². The SMILES string of the molecule is O=C(NCc1cccnc1)c1cc(C2CCCCN2C(=O)OCc2ccccc2)on1. The fourth-order valence-corrected chi connectivity index (χ4v) is 3.58. The highest BCUT2D eigenvalue weighted by atomic mass is 16.6. The molecule has 0 bridgehead atoms. The first-order valence-electron chi connectivity index (χ1n) is 10.3. The lowest BCUT2D eigenvalue weighted by molar-refractivity contribution is 0.0606. The summed E-state index contributed by atoms with van der Waals surface area (Å²) < 4.78 is 10.9. The first-order chi connectivity index (χ1) is 15.2. The fraction of sp³-hybridized carbons (Fsp3) is 0.304. The van der Waals surface area contributed by atoms with Gasteiger partial charge in [-0.15, -0.1) is 0 Å². The number of carbonyl (C=O) groups is 2. The molecule has 2 aromatic heterocycles. The highest BCUT2D eigenvalue weighted by molar-refractivity contribution is 5.92. The molecule has 1 aliphatic rings. The van der Waals surface area contributed by atoms with E-state index < -0.39 is 6.09 Å². The van der Waals surface area contributed by atoms with E-state index in [-0.39, 0.29) is 24.2 Å². The van der Waals surface area contributed by atoms with Crippen molar-refractivity contribution < 1.29 is 18.8 Å². The number of pyridine rings is 1. The quantitative estimate of drug-likeness (QED) is 0.650. The van der Waals surface area contributed by atoms with Crippen molar-refractivity contribution in [2.75, 3.05) is 6.54 Å². The smallest absolute Gasteiger partial charge is 0.410 e. The van der Waals surface area contributed by atoms with Crippen molar-refractivity contribution in [1.82, 2.24) is 20.4 Å². The highest BCUT2D eigenvalue weighted by Gasteiger charge is 2.32. The first-order valence-corrected chi connectivity index (χ1v) is 10.3. The zero-order valence-electron chi connectivity index (χ0n) is 17.1. The molecule has 1 atom stereocenters. The van der Waals surface area contributed by atoms with Gasteiger partial charge in [-0.3, -0.25) is 14.7 Å². The van der Waals surface area contributed by atoms with Crippen molar-refractivity contribution in [1.29, 1.82) is 0 Å². The van der Waals surface area contributed by atoms with Crippen LogP contribution in [0.3, 0.4) is 0 Å². The van der Waals surface area contributed by atoms with Crippen LogP contribution in [0.1, 0.15) is 52.7 Å². The number of hydrogen-bond acceptors (Lipinski definition) is 6. The second kappa shape index (κ2) is 9.88. The van der Waals surface area contributed by atoms with Crippen molar-refractivity contribution >= 4 is 12.0 Å². The number of carbonyl (C=O) groups excluding carboxylic acids is 2. The predicted molar refractivity (Wildman–Crippen MR) is 112 cm³/mol. The molecular formula is C23H24N4O4. The van der Waals surface area contributed by atoms with Crippen LogP contribution in [0.4, 0.5) is 4.79 Å². The van der Waals surface area contributed by atoms with Crippen LogP contribution in [0.2, 0.25) is 0 Å². The average Bonchev–Trinajstić information content (AvgIpc) is 3.33. The molecule has 160 valence electrons. The van der Waals surface area contributed by atoms with Gasteiger partial charge in [-0.2, -0.15) is 0 Å². The number of aromatic nitrogens is 2. The Bertz CT molecular complexity index is 1010. The summed E-state index contributed by atoms with van der Waals surface area (Å²) in [5, 5.41) is 6.71. The van der Waals surface area contributed by atoms with Crippen molar-refractivity contribution in [3.05, 3.63) is 83.5 Å². The third kappa shape index (κ3) is 5.28. The highest BCUT2D eigenvalue weighted by Crippen LogP contribution is 2.32. The van der Waals surface area contributed by atoms with Crippen LogP contribution in [0.5, 0.6) is 0 Å². The summed E-state index contributed by atoms with van der Waals surface area (Å²) in [7, 11) is 0. The van der Waals surface area contributed by atoms with Gasteiger partial charge in [0.1, 0.15) is 6.61 Å². The van der Waals surface area contributed by atoms with Crippen LogP contribution in [-0.4, -0.2) is 33.6 Å². The second-order valence-electron chi connectivity index (χ2n) is 7.40. The van der Waals surface area contributed by atoms with E-state index in [0.29, 0.717) is 18.8 Å². The molecule has 1 aliphatic heterocycles. The van der Waals surface area contributed by atoms with Crippen LogP contribution in [-0.2, 0) is 17.9 Å². The van der Waals surface area contributed by atoms with E-state index in [2.05, 4.69) is 15.5 Å². The lowest BCUT2D eigenvalue weighted by Crippen LogP contribution is -2.38. The lowest BCUT2D eigenvalue weighted by Gasteiger charge is -2.33. The fourth-order valence-electron chi connectivity index (χ4n) is 3.58. The molecule has 1 saturated heterocycles. The van der Waals surface area contributed by atoms with Crippen LogP contribution in [0, 0.1) is 0 Å². The summed E-state index contributed by atoms with van der Waals surface area (Å²) in [5.74, 6) is 0.149. The Morgan fingerprint density at radius 2 is 1.97 bits per heavy atom. The van der Waals surface area contributed by atoms with Crippen molar-refractivity contribution in [2.45, 2.75) is 38.5 Å². The minimum absolute atomic E-state index is 0.182. The number of hydrogen-bond donors (Lipinski definition) is 1. The molecule has 0 aliphatic carbocycles. The van der Waals surface area contributed by atoms with E-state index in [1.807, 2.05) is 42.5 Å². The second-order valence-corrected chi connectivity index (χ2v) is 7.40. The lowest BCUT2D eigenvalue weighted by atomic mass is 10.0. The number of amides is 2. The van der Waals surface area contributed by atoms with Gasteiger partial charge in [0.25, 0.3) is 5.91 Å². The molecule has 2 amide bonds. The average molecular weight is 420 g/mol. The summed E-state index contributed by atoms with van der Waals surface area (Å²) in [6.45, 7) is 1.12. The minimum Gasteiger partial charge on any atom is -0.445 e. The van der Waals surface area contributed by atoms with E-state index in [9.17, 15) is 9.59 Å². The topological polar surface area (TPSA) is 97.6 Å². The van der Waals surface area contributed by atoms with Gasteiger partial charge >= 0.3 is 6.09 Å². The van der Waals surface area contributed by atoms with E-state index in [1.165, 1.54) is 0 Å². The number of rotatable bonds is 6. The van der Waals surface area contributed by atoms with Crippen LogP contribution in [0.25, 0.3) is 0 Å². The Balaban J connectivity index is 1.38. The molecule has 0 spiro atoms. The number of piperidine rings is 1. The largest absolute Gasteiger partial charge is 0.445 e. The summed E-state index contributed by atoms with van der Waals surface area (Å²) in [5.41, 5.74) is 2.00. The summed E-state index contributed by atoms with van der Waals surface area (Å²) in [6.07, 6.45) is 5.55. The zero-order valence-corrected chi connectivity index (χ0v) is 17.1. The number of likely N-dealkylation sites (tertiary alicyclic amines) is 1. The standard InChI is InChI=1S/C23H24N4O4/c28-22(25-15-18-9-6-11-24-14-18)19-13-21(31-26-19)20-10-4-5-12-27(20)23(29)30-16-17-7-2-1-3-8-17/h1-3,6-9,11,13-14,20H,4-5,10,12,15-16H2,(H,25,28). The minimum atomic E-state index is -0.396. The predicted octanol–water partition coefficient (Wildman–Crippen LogP) is 3.86. The third-order valence-electron chi connectivity index (χ3n) is 5.21. The molecule has 8 nitrogen and oxygen atoms in total. The van der Waals surface area contributed by atoms with Gasteiger partial charge < -0.3 is 14.6 Å². The van der Waals surface area contributed by atoms with E-state index in [4.69, 9.17) is 9.26 Å².